The van der Waals surface area contributed by atoms with Gasteiger partial charge in [-0.3, -0.25) is 0 Å². The van der Waals surface area contributed by atoms with E-state index in [4.69, 9.17) is 21.4 Å². The summed E-state index contributed by atoms with van der Waals surface area (Å²) in [5, 5.41) is 13.6. The molecule has 2 aromatic rings. The summed E-state index contributed by atoms with van der Waals surface area (Å²) >= 11 is 7.60. The van der Waals surface area contributed by atoms with Crippen LogP contribution in [0.3, 0.4) is 0 Å². The number of nitrogens with one attached hydrogen (secondary N) is 1. The van der Waals surface area contributed by atoms with Crippen molar-refractivity contribution in [1.29, 1.82) is 0 Å². The van der Waals surface area contributed by atoms with Crippen LogP contribution in [0.4, 0.5) is 5.82 Å². The summed E-state index contributed by atoms with van der Waals surface area (Å²) in [4.78, 5) is 10.6. The van der Waals surface area contributed by atoms with Crippen molar-refractivity contribution in [3.8, 4) is 0 Å². The number of aliphatic hydroxyl groups is 1. The van der Waals surface area contributed by atoms with E-state index in [2.05, 4.69) is 28.3 Å². The normalized spacial score (nSPS) is 12.8. The number of halogens is 1. The molecular weight excluding hydrogens is 298 g/mol. The Hall–Kier alpha value is -0.950. The van der Waals surface area contributed by atoms with Crippen molar-refractivity contribution < 1.29 is 9.84 Å². The molecular formula is C13H18ClN3O2S. The smallest absolute Gasteiger partial charge is 0.225 e. The lowest BCUT2D eigenvalue weighted by atomic mass is 10.2. The molecule has 110 valence electrons. The van der Waals surface area contributed by atoms with Gasteiger partial charge < -0.3 is 15.2 Å². The molecule has 0 radical (unpaired) electrons. The molecule has 0 amide bonds. The molecule has 0 bridgehead atoms. The van der Waals surface area contributed by atoms with Crippen LogP contribution in [0.5, 0.6) is 0 Å². The maximum absolute atomic E-state index is 9.10. The summed E-state index contributed by atoms with van der Waals surface area (Å²) in [6.45, 7) is 2.69. The van der Waals surface area contributed by atoms with E-state index in [0.717, 1.165) is 16.6 Å². The van der Waals surface area contributed by atoms with Gasteiger partial charge in [-0.05, 0) is 30.5 Å². The first kappa shape index (κ1) is 15.4. The Kier molecular flexibility index (Phi) is 5.54. The van der Waals surface area contributed by atoms with E-state index in [-0.39, 0.29) is 17.9 Å². The van der Waals surface area contributed by atoms with Crippen molar-refractivity contribution >= 4 is 39.0 Å². The molecule has 0 aliphatic heterocycles. The summed E-state index contributed by atoms with van der Waals surface area (Å²) in [5.41, 5.74) is 0. The minimum Gasteiger partial charge on any atom is -0.396 e. The zero-order valence-electron chi connectivity index (χ0n) is 11.5. The lowest BCUT2D eigenvalue weighted by molar-refractivity contribution is 0.170. The highest BCUT2D eigenvalue weighted by Gasteiger charge is 2.14. The highest BCUT2D eigenvalue weighted by atomic mass is 35.5. The fraction of sp³-hybridized carbons (Fsp3) is 0.538. The standard InChI is InChI=1S/C13H18ClN3O2S/c1-3-9-6-10-11(15-8(4-5-18)7-19-2)16-13(14)17-12(10)20-9/h6,8,18H,3-5,7H2,1-2H3,(H,15,16,17). The number of fused-ring (bicyclic) bond motifs is 1. The number of rotatable bonds is 7. The summed E-state index contributed by atoms with van der Waals surface area (Å²) < 4.78 is 5.15. The molecule has 0 aromatic carbocycles. The lowest BCUT2D eigenvalue weighted by Crippen LogP contribution is -2.26. The Morgan fingerprint density at radius 3 is 2.95 bits per heavy atom. The Morgan fingerprint density at radius 2 is 2.30 bits per heavy atom. The average Bonchev–Trinajstić information content (AvgIpc) is 2.82. The average molecular weight is 316 g/mol. The van der Waals surface area contributed by atoms with E-state index >= 15 is 0 Å². The van der Waals surface area contributed by atoms with Gasteiger partial charge in [0.15, 0.2) is 0 Å². The molecule has 0 saturated heterocycles. The second-order valence-corrected chi connectivity index (χ2v) is 5.89. The first-order valence-corrected chi connectivity index (χ1v) is 7.69. The fourth-order valence-electron chi connectivity index (χ4n) is 1.98. The molecule has 2 aromatic heterocycles. The Balaban J connectivity index is 2.33. The zero-order valence-corrected chi connectivity index (χ0v) is 13.1. The Bertz CT molecular complexity index is 570. The number of hydrogen-bond donors (Lipinski definition) is 2. The van der Waals surface area contributed by atoms with Gasteiger partial charge in [-0.15, -0.1) is 11.3 Å². The van der Waals surface area contributed by atoms with Crippen molar-refractivity contribution in [2.75, 3.05) is 25.6 Å². The molecule has 5 nitrogen and oxygen atoms in total. The largest absolute Gasteiger partial charge is 0.396 e. The van der Waals surface area contributed by atoms with Crippen LogP contribution in [0, 0.1) is 0 Å². The van der Waals surface area contributed by atoms with Gasteiger partial charge in [0.2, 0.25) is 5.28 Å². The highest BCUT2D eigenvalue weighted by molar-refractivity contribution is 7.18. The van der Waals surface area contributed by atoms with Gasteiger partial charge in [0.25, 0.3) is 0 Å². The van der Waals surface area contributed by atoms with Crippen molar-refractivity contribution in [2.45, 2.75) is 25.8 Å². The number of aryl methyl sites for hydroxylation is 1. The van der Waals surface area contributed by atoms with Crippen LogP contribution >= 0.6 is 22.9 Å². The van der Waals surface area contributed by atoms with Crippen molar-refractivity contribution in [3.63, 3.8) is 0 Å². The second kappa shape index (κ2) is 7.17. The van der Waals surface area contributed by atoms with E-state index in [1.807, 2.05) is 0 Å². The summed E-state index contributed by atoms with van der Waals surface area (Å²) in [7, 11) is 1.63. The quantitative estimate of drug-likeness (QED) is 0.769. The molecule has 20 heavy (non-hydrogen) atoms. The van der Waals surface area contributed by atoms with Crippen LogP contribution in [-0.4, -0.2) is 41.4 Å². The summed E-state index contributed by atoms with van der Waals surface area (Å²) in [5.74, 6) is 0.700. The molecule has 2 heterocycles. The topological polar surface area (TPSA) is 67.3 Å². The number of nitrogens with zero attached hydrogens (tertiary/aromatic N) is 2. The Morgan fingerprint density at radius 1 is 1.50 bits per heavy atom. The first-order chi connectivity index (χ1) is 9.67. The van der Waals surface area contributed by atoms with Crippen LogP contribution in [-0.2, 0) is 11.2 Å². The molecule has 0 aliphatic rings. The summed E-state index contributed by atoms with van der Waals surface area (Å²) in [6.07, 6.45) is 1.54. The summed E-state index contributed by atoms with van der Waals surface area (Å²) in [6, 6.07) is 2.07. The van der Waals surface area contributed by atoms with Crippen LogP contribution in [0.25, 0.3) is 10.2 Å². The van der Waals surface area contributed by atoms with E-state index in [1.54, 1.807) is 18.4 Å². The third-order valence-electron chi connectivity index (χ3n) is 2.95. The molecule has 1 unspecified atom stereocenters. The maximum Gasteiger partial charge on any atom is 0.225 e. The van der Waals surface area contributed by atoms with Crippen molar-refractivity contribution in [3.05, 3.63) is 16.2 Å². The van der Waals surface area contributed by atoms with Crippen LogP contribution in [0.15, 0.2) is 6.07 Å². The zero-order chi connectivity index (χ0) is 14.5. The maximum atomic E-state index is 9.10. The third kappa shape index (κ3) is 3.58. The minimum atomic E-state index is -0.0101. The molecule has 0 fully saturated rings. The van der Waals surface area contributed by atoms with Crippen molar-refractivity contribution in [1.82, 2.24) is 9.97 Å². The van der Waals surface area contributed by atoms with E-state index in [1.165, 1.54) is 4.88 Å². The number of ether oxygens (including phenoxy) is 1. The van der Waals surface area contributed by atoms with Gasteiger partial charge in [-0.25, -0.2) is 9.97 Å². The number of anilines is 1. The third-order valence-corrected chi connectivity index (χ3v) is 4.29. The molecule has 0 spiro atoms. The highest BCUT2D eigenvalue weighted by Crippen LogP contribution is 2.30. The number of hydrogen-bond acceptors (Lipinski definition) is 6. The predicted molar refractivity (Wildman–Crippen MR) is 82.8 cm³/mol. The van der Waals surface area contributed by atoms with E-state index in [0.29, 0.717) is 18.8 Å². The predicted octanol–water partition coefficient (Wildman–Crippen LogP) is 2.72. The monoisotopic (exact) mass is 315 g/mol. The lowest BCUT2D eigenvalue weighted by Gasteiger charge is -2.17. The van der Waals surface area contributed by atoms with E-state index in [9.17, 15) is 0 Å². The molecule has 1 atom stereocenters. The van der Waals surface area contributed by atoms with Gasteiger partial charge in [0.1, 0.15) is 10.6 Å². The van der Waals surface area contributed by atoms with Gasteiger partial charge in [-0.2, -0.15) is 0 Å². The molecule has 0 saturated carbocycles. The fourth-order valence-corrected chi connectivity index (χ4v) is 3.16. The molecule has 0 aliphatic carbocycles. The molecule has 7 heteroatoms. The van der Waals surface area contributed by atoms with Gasteiger partial charge in [-0.1, -0.05) is 6.92 Å². The van der Waals surface area contributed by atoms with Crippen molar-refractivity contribution in [2.24, 2.45) is 0 Å². The van der Waals surface area contributed by atoms with Gasteiger partial charge in [0.05, 0.1) is 18.0 Å². The van der Waals surface area contributed by atoms with Crippen LogP contribution in [0.1, 0.15) is 18.2 Å². The second-order valence-electron chi connectivity index (χ2n) is 4.44. The van der Waals surface area contributed by atoms with Gasteiger partial charge >= 0.3 is 0 Å². The molecule has 2 rings (SSSR count). The number of aromatic nitrogens is 2. The van der Waals surface area contributed by atoms with E-state index < -0.39 is 0 Å². The molecule has 2 N–H and O–H groups in total. The Labute approximate surface area is 127 Å². The SMILES string of the molecule is CCc1cc2c(NC(CCO)COC)nc(Cl)nc2s1. The van der Waals surface area contributed by atoms with Crippen LogP contribution < -0.4 is 5.32 Å². The number of aliphatic hydroxyl groups excluding tert-OH is 1. The van der Waals surface area contributed by atoms with Gasteiger partial charge in [0, 0.05) is 18.6 Å². The number of methoxy groups -OCH3 is 1. The first-order valence-electron chi connectivity index (χ1n) is 6.50. The van der Waals surface area contributed by atoms with Crippen LogP contribution in [0.2, 0.25) is 5.28 Å². The minimum absolute atomic E-state index is 0.0101. The number of thiophene rings is 1.